The molecule has 0 N–H and O–H groups in total. The first kappa shape index (κ1) is 15.5. The Hall–Kier alpha value is -2.37. The van der Waals surface area contributed by atoms with Gasteiger partial charge >= 0.3 is 0 Å². The molecule has 1 amide bonds. The van der Waals surface area contributed by atoms with Crippen LogP contribution in [0, 0.1) is 0 Å². The summed E-state index contributed by atoms with van der Waals surface area (Å²) in [6.45, 7) is 2.78. The van der Waals surface area contributed by atoms with E-state index in [0.717, 1.165) is 37.1 Å². The third-order valence-electron chi connectivity index (χ3n) is 4.11. The van der Waals surface area contributed by atoms with Crippen molar-refractivity contribution in [3.63, 3.8) is 0 Å². The van der Waals surface area contributed by atoms with Gasteiger partial charge in [0.15, 0.2) is 0 Å². The van der Waals surface area contributed by atoms with Crippen LogP contribution in [0.5, 0.6) is 5.75 Å². The summed E-state index contributed by atoms with van der Waals surface area (Å²) < 4.78 is 10.6. The minimum Gasteiger partial charge on any atom is -0.497 e. The molecular weight excluding hydrogens is 294 g/mol. The Morgan fingerprint density at radius 3 is 2.87 bits per heavy atom. The lowest BCUT2D eigenvalue weighted by atomic mass is 10.2. The number of rotatable bonds is 5. The molecule has 3 rings (SSSR count). The minimum atomic E-state index is -0.0893. The van der Waals surface area contributed by atoms with E-state index in [1.54, 1.807) is 7.11 Å². The van der Waals surface area contributed by atoms with Crippen LogP contribution in [0.2, 0.25) is 0 Å². The van der Waals surface area contributed by atoms with Crippen molar-refractivity contribution in [3.8, 4) is 17.1 Å². The van der Waals surface area contributed by atoms with Gasteiger partial charge in [-0.1, -0.05) is 12.1 Å². The van der Waals surface area contributed by atoms with E-state index in [9.17, 15) is 4.79 Å². The molecule has 0 aliphatic carbocycles. The number of carbonyl (C=O) groups excluding carboxylic acids is 1. The van der Waals surface area contributed by atoms with Crippen molar-refractivity contribution in [1.29, 1.82) is 0 Å². The Morgan fingerprint density at radius 1 is 1.39 bits per heavy atom. The van der Waals surface area contributed by atoms with E-state index < -0.39 is 0 Å². The fourth-order valence-corrected chi connectivity index (χ4v) is 2.91. The second kappa shape index (κ2) is 6.81. The predicted molar refractivity (Wildman–Crippen MR) is 84.9 cm³/mol. The largest absolute Gasteiger partial charge is 0.497 e. The van der Waals surface area contributed by atoms with Gasteiger partial charge in [0.1, 0.15) is 11.8 Å². The normalized spacial score (nSPS) is 17.5. The predicted octanol–water partition coefficient (Wildman–Crippen LogP) is 3.21. The van der Waals surface area contributed by atoms with Crippen molar-refractivity contribution < 1.29 is 14.1 Å². The molecule has 23 heavy (non-hydrogen) atoms. The highest BCUT2D eigenvalue weighted by atomic mass is 16.5. The number of nitrogens with zero attached hydrogens (tertiary/aromatic N) is 3. The number of ether oxygens (including phenoxy) is 1. The average molecular weight is 315 g/mol. The van der Waals surface area contributed by atoms with Crippen molar-refractivity contribution in [3.05, 3.63) is 30.2 Å². The first-order valence-corrected chi connectivity index (χ1v) is 8.00. The molecule has 1 aliphatic heterocycles. The molecule has 1 fully saturated rings. The monoisotopic (exact) mass is 315 g/mol. The third-order valence-corrected chi connectivity index (χ3v) is 4.11. The average Bonchev–Trinajstić information content (AvgIpc) is 3.24. The molecular formula is C17H21N3O3. The maximum absolute atomic E-state index is 12.2. The fraction of sp³-hybridized carbons (Fsp3) is 0.471. The summed E-state index contributed by atoms with van der Waals surface area (Å²) in [5.74, 6) is 2.01. The van der Waals surface area contributed by atoms with Gasteiger partial charge in [-0.3, -0.25) is 4.79 Å². The standard InChI is InChI=1S/C17H21N3O3/c1-3-5-15(21)20-11-4-6-14(20)17-18-16(19-23-17)12-7-9-13(22-2)10-8-12/h7-10,14H,3-6,11H2,1-2H3/t14-/m0/s1. The van der Waals surface area contributed by atoms with Crippen molar-refractivity contribution in [2.45, 2.75) is 38.6 Å². The van der Waals surface area contributed by atoms with E-state index in [-0.39, 0.29) is 11.9 Å². The van der Waals surface area contributed by atoms with E-state index in [1.807, 2.05) is 36.1 Å². The Labute approximate surface area is 135 Å². The zero-order valence-corrected chi connectivity index (χ0v) is 13.5. The second-order valence-electron chi connectivity index (χ2n) is 5.68. The number of amides is 1. The van der Waals surface area contributed by atoms with Crippen LogP contribution in [0.25, 0.3) is 11.4 Å². The van der Waals surface area contributed by atoms with Crippen LogP contribution in [-0.2, 0) is 4.79 Å². The molecule has 0 unspecified atom stereocenters. The Morgan fingerprint density at radius 2 is 2.17 bits per heavy atom. The molecule has 2 heterocycles. The van der Waals surface area contributed by atoms with Gasteiger partial charge in [0.2, 0.25) is 17.6 Å². The lowest BCUT2D eigenvalue weighted by Gasteiger charge is -2.21. The van der Waals surface area contributed by atoms with Gasteiger partial charge in [-0.25, -0.2) is 0 Å². The van der Waals surface area contributed by atoms with Crippen molar-refractivity contribution in [2.24, 2.45) is 0 Å². The molecule has 122 valence electrons. The van der Waals surface area contributed by atoms with E-state index in [0.29, 0.717) is 18.1 Å². The number of aromatic nitrogens is 2. The molecule has 1 aliphatic rings. The molecule has 2 aromatic rings. The molecule has 1 aromatic carbocycles. The Bertz CT molecular complexity index is 666. The quantitative estimate of drug-likeness (QED) is 0.847. The molecule has 0 radical (unpaired) electrons. The van der Waals surface area contributed by atoms with Crippen LogP contribution >= 0.6 is 0 Å². The van der Waals surface area contributed by atoms with Crippen molar-refractivity contribution >= 4 is 5.91 Å². The summed E-state index contributed by atoms with van der Waals surface area (Å²) in [5.41, 5.74) is 0.866. The van der Waals surface area contributed by atoms with Gasteiger partial charge in [0.25, 0.3) is 0 Å². The molecule has 0 saturated carbocycles. The summed E-state index contributed by atoms with van der Waals surface area (Å²) in [5, 5.41) is 4.06. The summed E-state index contributed by atoms with van der Waals surface area (Å²) >= 11 is 0. The van der Waals surface area contributed by atoms with Crippen LogP contribution in [0.4, 0.5) is 0 Å². The molecule has 1 saturated heterocycles. The lowest BCUT2D eigenvalue weighted by molar-refractivity contribution is -0.132. The fourth-order valence-electron chi connectivity index (χ4n) is 2.91. The maximum atomic E-state index is 12.2. The lowest BCUT2D eigenvalue weighted by Crippen LogP contribution is -2.30. The van der Waals surface area contributed by atoms with Gasteiger partial charge in [-0.05, 0) is 43.5 Å². The van der Waals surface area contributed by atoms with Crippen LogP contribution in [0.3, 0.4) is 0 Å². The van der Waals surface area contributed by atoms with E-state index >= 15 is 0 Å². The van der Waals surface area contributed by atoms with E-state index in [2.05, 4.69) is 10.1 Å². The van der Waals surface area contributed by atoms with Crippen LogP contribution in [-0.4, -0.2) is 34.6 Å². The molecule has 6 heteroatoms. The van der Waals surface area contributed by atoms with Crippen molar-refractivity contribution in [2.75, 3.05) is 13.7 Å². The smallest absolute Gasteiger partial charge is 0.249 e. The Kier molecular flexibility index (Phi) is 4.60. The zero-order chi connectivity index (χ0) is 16.2. The van der Waals surface area contributed by atoms with Gasteiger partial charge in [-0.2, -0.15) is 4.98 Å². The highest BCUT2D eigenvalue weighted by molar-refractivity contribution is 5.76. The molecule has 1 aromatic heterocycles. The van der Waals surface area contributed by atoms with E-state index in [4.69, 9.17) is 9.26 Å². The van der Waals surface area contributed by atoms with Crippen molar-refractivity contribution in [1.82, 2.24) is 15.0 Å². The first-order chi connectivity index (χ1) is 11.2. The molecule has 1 atom stereocenters. The topological polar surface area (TPSA) is 68.5 Å². The zero-order valence-electron chi connectivity index (χ0n) is 13.5. The van der Waals surface area contributed by atoms with Crippen LogP contribution in [0.15, 0.2) is 28.8 Å². The summed E-state index contributed by atoms with van der Waals surface area (Å²) in [4.78, 5) is 18.6. The SMILES string of the molecule is CCCC(=O)N1CCC[C@H]1c1nc(-c2ccc(OC)cc2)no1. The highest BCUT2D eigenvalue weighted by Gasteiger charge is 2.33. The number of carbonyl (C=O) groups is 1. The number of methoxy groups -OCH3 is 1. The highest BCUT2D eigenvalue weighted by Crippen LogP contribution is 2.32. The van der Waals surface area contributed by atoms with Crippen LogP contribution in [0.1, 0.15) is 44.5 Å². The number of hydrogen-bond acceptors (Lipinski definition) is 5. The number of benzene rings is 1. The molecule has 0 spiro atoms. The second-order valence-corrected chi connectivity index (χ2v) is 5.68. The van der Waals surface area contributed by atoms with Gasteiger partial charge in [-0.15, -0.1) is 0 Å². The molecule has 6 nitrogen and oxygen atoms in total. The van der Waals surface area contributed by atoms with Gasteiger partial charge in [0.05, 0.1) is 7.11 Å². The third kappa shape index (κ3) is 3.21. The number of hydrogen-bond donors (Lipinski definition) is 0. The Balaban J connectivity index is 1.79. The minimum absolute atomic E-state index is 0.0893. The molecule has 0 bridgehead atoms. The first-order valence-electron chi connectivity index (χ1n) is 8.00. The van der Waals surface area contributed by atoms with E-state index in [1.165, 1.54) is 0 Å². The number of likely N-dealkylation sites (tertiary alicyclic amines) is 1. The maximum Gasteiger partial charge on any atom is 0.249 e. The summed E-state index contributed by atoms with van der Waals surface area (Å²) in [6.07, 6.45) is 3.26. The van der Waals surface area contributed by atoms with Crippen LogP contribution < -0.4 is 4.74 Å². The summed E-state index contributed by atoms with van der Waals surface area (Å²) in [7, 11) is 1.63. The van der Waals surface area contributed by atoms with Gasteiger partial charge < -0.3 is 14.2 Å². The summed E-state index contributed by atoms with van der Waals surface area (Å²) in [6, 6.07) is 7.41. The van der Waals surface area contributed by atoms with Gasteiger partial charge in [0, 0.05) is 18.5 Å².